The first-order valence-electron chi connectivity index (χ1n) is 9.47. The molecule has 1 aromatic heterocycles. The van der Waals surface area contributed by atoms with E-state index >= 15 is 0 Å². The summed E-state index contributed by atoms with van der Waals surface area (Å²) in [6.45, 7) is 0. The molecule has 0 bridgehead atoms. The van der Waals surface area contributed by atoms with Gasteiger partial charge in [0.1, 0.15) is 17.3 Å². The van der Waals surface area contributed by atoms with Gasteiger partial charge in [-0.3, -0.25) is 10.1 Å². The fourth-order valence-electron chi connectivity index (χ4n) is 3.15. The van der Waals surface area contributed by atoms with Crippen molar-refractivity contribution in [3.63, 3.8) is 0 Å². The number of hydrogen-bond acceptors (Lipinski definition) is 4. The molecule has 32 heavy (non-hydrogen) atoms. The number of thiocarbonyl (C=S) groups is 1. The van der Waals surface area contributed by atoms with Crippen LogP contribution in [0.1, 0.15) is 5.76 Å². The lowest BCUT2D eigenvalue weighted by atomic mass is 10.1. The number of hydrogen-bond donors (Lipinski definition) is 3. The van der Waals surface area contributed by atoms with Crippen molar-refractivity contribution in [2.45, 2.75) is 0 Å². The molecule has 1 amide bonds. The first-order valence-corrected chi connectivity index (χ1v) is 10.6. The van der Waals surface area contributed by atoms with Crippen LogP contribution in [-0.4, -0.2) is 16.1 Å². The molecule has 0 aliphatic heterocycles. The van der Waals surface area contributed by atoms with Crippen molar-refractivity contribution in [2.75, 3.05) is 5.32 Å². The van der Waals surface area contributed by atoms with Crippen LogP contribution >= 0.6 is 35.4 Å². The molecule has 0 unspecified atom stereocenters. The van der Waals surface area contributed by atoms with Crippen molar-refractivity contribution >= 4 is 69.0 Å². The van der Waals surface area contributed by atoms with Crippen LogP contribution in [0, 0.1) is 0 Å². The Labute approximate surface area is 199 Å². The summed E-state index contributed by atoms with van der Waals surface area (Å²) in [5.41, 5.74) is 1.33. The number of amides is 1. The standard InChI is InChI=1S/C24H16Cl2N2O3S/c25-18-7-1-6-17(23(18)26)21-12-10-14(31-21)11-13-22(30)28-24(32)27-19-8-2-5-16-15(19)4-3-9-20(16)29/h1-13,29H,(H2,27,28,30,32)/b13-11+. The van der Waals surface area contributed by atoms with Crippen LogP contribution < -0.4 is 10.6 Å². The second kappa shape index (κ2) is 9.44. The number of rotatable bonds is 4. The third-order valence-electron chi connectivity index (χ3n) is 4.63. The summed E-state index contributed by atoms with van der Waals surface area (Å²) in [6, 6.07) is 19.3. The highest BCUT2D eigenvalue weighted by Crippen LogP contribution is 2.34. The van der Waals surface area contributed by atoms with Gasteiger partial charge in [-0.05, 0) is 54.7 Å². The van der Waals surface area contributed by atoms with Crippen LogP contribution in [0.15, 0.2) is 77.2 Å². The van der Waals surface area contributed by atoms with Crippen LogP contribution in [0.3, 0.4) is 0 Å². The van der Waals surface area contributed by atoms with Gasteiger partial charge in [0, 0.05) is 28.1 Å². The zero-order valence-electron chi connectivity index (χ0n) is 16.4. The zero-order valence-corrected chi connectivity index (χ0v) is 18.8. The summed E-state index contributed by atoms with van der Waals surface area (Å²) in [5.74, 6) is 0.744. The molecular formula is C24H16Cl2N2O3S. The molecule has 0 saturated carbocycles. The number of phenols is 1. The Morgan fingerprint density at radius 3 is 2.56 bits per heavy atom. The van der Waals surface area contributed by atoms with Gasteiger partial charge in [-0.25, -0.2) is 0 Å². The van der Waals surface area contributed by atoms with Crippen LogP contribution in [0.4, 0.5) is 5.69 Å². The molecule has 0 spiro atoms. The Morgan fingerprint density at radius 2 is 1.72 bits per heavy atom. The highest BCUT2D eigenvalue weighted by molar-refractivity contribution is 7.80. The second-order valence-corrected chi connectivity index (χ2v) is 7.95. The van der Waals surface area contributed by atoms with Crippen LogP contribution in [0.2, 0.25) is 10.0 Å². The molecule has 8 heteroatoms. The number of furan rings is 1. The van der Waals surface area contributed by atoms with Crippen molar-refractivity contribution in [3.8, 4) is 17.1 Å². The fraction of sp³-hybridized carbons (Fsp3) is 0. The summed E-state index contributed by atoms with van der Waals surface area (Å²) >= 11 is 17.5. The van der Waals surface area contributed by atoms with E-state index in [4.69, 9.17) is 39.8 Å². The average Bonchev–Trinajstić information content (AvgIpc) is 3.24. The van der Waals surface area contributed by atoms with Gasteiger partial charge in [0.15, 0.2) is 5.11 Å². The van der Waals surface area contributed by atoms with Gasteiger partial charge >= 0.3 is 0 Å². The van der Waals surface area contributed by atoms with E-state index in [-0.39, 0.29) is 10.9 Å². The van der Waals surface area contributed by atoms with E-state index < -0.39 is 5.91 Å². The van der Waals surface area contributed by atoms with E-state index in [2.05, 4.69) is 10.6 Å². The lowest BCUT2D eigenvalue weighted by Gasteiger charge is -2.11. The largest absolute Gasteiger partial charge is 0.507 e. The predicted molar refractivity (Wildman–Crippen MR) is 133 cm³/mol. The van der Waals surface area contributed by atoms with Crippen LogP contribution in [-0.2, 0) is 4.79 Å². The first-order chi connectivity index (χ1) is 15.4. The maximum Gasteiger partial charge on any atom is 0.250 e. The van der Waals surface area contributed by atoms with Crippen LogP contribution in [0.25, 0.3) is 28.2 Å². The summed E-state index contributed by atoms with van der Waals surface area (Å²) < 4.78 is 5.73. The van der Waals surface area contributed by atoms with E-state index in [1.165, 1.54) is 12.2 Å². The minimum Gasteiger partial charge on any atom is -0.507 e. The number of carbonyl (C=O) groups is 1. The van der Waals surface area contributed by atoms with E-state index in [9.17, 15) is 9.90 Å². The molecule has 160 valence electrons. The van der Waals surface area contributed by atoms with Gasteiger partial charge in [-0.1, -0.05) is 53.5 Å². The van der Waals surface area contributed by atoms with Crippen molar-refractivity contribution in [3.05, 3.63) is 88.6 Å². The van der Waals surface area contributed by atoms with Gasteiger partial charge < -0.3 is 14.8 Å². The SMILES string of the molecule is O=C(/C=C/c1ccc(-c2cccc(Cl)c2Cl)o1)NC(=S)Nc1cccc2c(O)cccc12. The van der Waals surface area contributed by atoms with Gasteiger partial charge in [-0.2, -0.15) is 0 Å². The summed E-state index contributed by atoms with van der Waals surface area (Å²) in [7, 11) is 0. The average molecular weight is 483 g/mol. The molecule has 0 fully saturated rings. The highest BCUT2D eigenvalue weighted by Gasteiger charge is 2.11. The molecule has 5 nitrogen and oxygen atoms in total. The Morgan fingerprint density at radius 1 is 0.969 bits per heavy atom. The number of anilines is 1. The van der Waals surface area contributed by atoms with Crippen molar-refractivity contribution < 1.29 is 14.3 Å². The van der Waals surface area contributed by atoms with E-state index in [1.54, 1.807) is 60.7 Å². The Hall–Kier alpha value is -3.32. The quantitative estimate of drug-likeness (QED) is 0.224. The Balaban J connectivity index is 1.41. The Kier molecular flexibility index (Phi) is 6.46. The molecule has 0 saturated heterocycles. The van der Waals surface area contributed by atoms with Crippen molar-refractivity contribution in [1.82, 2.24) is 5.32 Å². The van der Waals surface area contributed by atoms with Gasteiger partial charge in [0.2, 0.25) is 5.91 Å². The number of aromatic hydroxyl groups is 1. The normalized spacial score (nSPS) is 11.1. The van der Waals surface area contributed by atoms with Crippen molar-refractivity contribution in [2.24, 2.45) is 0 Å². The number of phenolic OH excluding ortho intramolecular Hbond substituents is 1. The lowest BCUT2D eigenvalue weighted by molar-refractivity contribution is -0.115. The van der Waals surface area contributed by atoms with Crippen LogP contribution in [0.5, 0.6) is 5.75 Å². The molecule has 4 aromatic rings. The molecule has 4 rings (SSSR count). The Bertz CT molecular complexity index is 1360. The zero-order chi connectivity index (χ0) is 22.7. The number of nitrogens with one attached hydrogen (secondary N) is 2. The molecule has 1 heterocycles. The van der Waals surface area contributed by atoms with Gasteiger partial charge in [0.05, 0.1) is 10.0 Å². The number of carbonyl (C=O) groups excluding carboxylic acids is 1. The molecular weight excluding hydrogens is 467 g/mol. The smallest absolute Gasteiger partial charge is 0.250 e. The third kappa shape index (κ3) is 4.78. The summed E-state index contributed by atoms with van der Waals surface area (Å²) in [4.78, 5) is 12.3. The summed E-state index contributed by atoms with van der Waals surface area (Å²) in [6.07, 6.45) is 2.83. The maximum atomic E-state index is 12.3. The summed E-state index contributed by atoms with van der Waals surface area (Å²) in [5, 5.41) is 18.0. The lowest BCUT2D eigenvalue weighted by Crippen LogP contribution is -2.32. The van der Waals surface area contributed by atoms with Crippen molar-refractivity contribution in [1.29, 1.82) is 0 Å². The number of benzene rings is 3. The number of halogens is 2. The molecule has 0 radical (unpaired) electrons. The van der Waals surface area contributed by atoms with Gasteiger partial charge in [0.25, 0.3) is 0 Å². The highest BCUT2D eigenvalue weighted by atomic mass is 35.5. The molecule has 0 aliphatic carbocycles. The van der Waals surface area contributed by atoms with E-state index in [1.807, 2.05) is 6.07 Å². The number of fused-ring (bicyclic) bond motifs is 1. The van der Waals surface area contributed by atoms with E-state index in [0.717, 1.165) is 5.39 Å². The molecule has 3 N–H and O–H groups in total. The molecule has 0 aliphatic rings. The molecule has 0 atom stereocenters. The minimum absolute atomic E-state index is 0.126. The van der Waals surface area contributed by atoms with Gasteiger partial charge in [-0.15, -0.1) is 0 Å². The molecule has 3 aromatic carbocycles. The first kappa shape index (κ1) is 21.9. The predicted octanol–water partition coefficient (Wildman–Crippen LogP) is 6.64. The minimum atomic E-state index is -0.427. The topological polar surface area (TPSA) is 74.5 Å². The maximum absolute atomic E-state index is 12.3. The second-order valence-electron chi connectivity index (χ2n) is 6.76. The monoisotopic (exact) mass is 482 g/mol. The van der Waals surface area contributed by atoms with E-state index in [0.29, 0.717) is 38.2 Å². The fourth-order valence-corrected chi connectivity index (χ4v) is 3.75. The third-order valence-corrected chi connectivity index (χ3v) is 5.65.